The molecule has 2 aromatic carbocycles. The van der Waals surface area contributed by atoms with Crippen molar-refractivity contribution in [2.24, 2.45) is 0 Å². The van der Waals surface area contributed by atoms with Gasteiger partial charge in [-0.05, 0) is 35.9 Å². The van der Waals surface area contributed by atoms with Crippen molar-refractivity contribution < 1.29 is 24.2 Å². The predicted molar refractivity (Wildman–Crippen MR) is 110 cm³/mol. The number of carbonyl (C=O) groups is 2. The van der Waals surface area contributed by atoms with Gasteiger partial charge in [0.1, 0.15) is 5.69 Å². The number of hydrogen-bond donors (Lipinski definition) is 1. The number of ether oxygens (including phenoxy) is 2. The number of carboxylic acid groups (broad SMARTS) is 1. The number of carboxylic acids is 1. The van der Waals surface area contributed by atoms with Gasteiger partial charge in [-0.2, -0.15) is 10.4 Å². The van der Waals surface area contributed by atoms with Gasteiger partial charge in [0.25, 0.3) is 5.91 Å². The zero-order chi connectivity index (χ0) is 22.4. The molecule has 31 heavy (non-hydrogen) atoms. The second kappa shape index (κ2) is 9.45. The van der Waals surface area contributed by atoms with E-state index in [2.05, 4.69) is 10.4 Å². The first-order chi connectivity index (χ1) is 15.0. The molecule has 1 amide bonds. The number of carbonyl (C=O) groups excluding carboxylic acids is 2. The van der Waals surface area contributed by atoms with E-state index in [9.17, 15) is 14.7 Å². The Morgan fingerprint density at radius 1 is 1.16 bits per heavy atom. The maximum atomic E-state index is 13.0. The monoisotopic (exact) mass is 419 g/mol. The summed E-state index contributed by atoms with van der Waals surface area (Å²) in [5.74, 6) is -0.824. The van der Waals surface area contributed by atoms with Gasteiger partial charge in [-0.15, -0.1) is 0 Å². The molecule has 0 saturated carbocycles. The number of nitriles is 1. The Balaban J connectivity index is 2.00. The molecule has 9 heteroatoms. The highest BCUT2D eigenvalue weighted by molar-refractivity contribution is 6.08. The number of amides is 1. The van der Waals surface area contributed by atoms with Gasteiger partial charge in [0.15, 0.2) is 11.5 Å². The van der Waals surface area contributed by atoms with Crippen LogP contribution in [0.1, 0.15) is 27.1 Å². The van der Waals surface area contributed by atoms with Crippen molar-refractivity contribution in [3.63, 3.8) is 0 Å². The molecule has 0 aliphatic carbocycles. The molecule has 0 aliphatic rings. The lowest BCUT2D eigenvalue weighted by Gasteiger charge is -2.10. The van der Waals surface area contributed by atoms with Crippen LogP contribution < -0.4 is 19.9 Å². The minimum absolute atomic E-state index is 0.0531. The van der Waals surface area contributed by atoms with Gasteiger partial charge in [-0.3, -0.25) is 9.48 Å². The average Bonchev–Trinajstić information content (AvgIpc) is 3.21. The summed E-state index contributed by atoms with van der Waals surface area (Å²) in [7, 11) is 3.03. The van der Waals surface area contributed by atoms with Gasteiger partial charge in [0.05, 0.1) is 44.8 Å². The molecule has 0 unspecified atom stereocenters. The summed E-state index contributed by atoms with van der Waals surface area (Å²) < 4.78 is 12.1. The number of nitrogens with one attached hydrogen (secondary N) is 1. The van der Waals surface area contributed by atoms with Crippen LogP contribution in [0.4, 0.5) is 5.69 Å². The lowest BCUT2D eigenvalue weighted by molar-refractivity contribution is -0.255. The molecule has 0 aliphatic heterocycles. The molecule has 0 fully saturated rings. The highest BCUT2D eigenvalue weighted by atomic mass is 16.5. The molecule has 0 atom stereocenters. The third kappa shape index (κ3) is 4.82. The number of nitrogens with zero attached hydrogens (tertiary/aromatic N) is 3. The van der Waals surface area contributed by atoms with Crippen LogP contribution in [0.5, 0.6) is 11.5 Å². The number of aryl methyl sites for hydroxylation is 1. The zero-order valence-corrected chi connectivity index (χ0v) is 16.9. The molecule has 9 nitrogen and oxygen atoms in total. The number of aromatic carboxylic acids is 1. The van der Waals surface area contributed by atoms with Gasteiger partial charge >= 0.3 is 0 Å². The molecular weight excluding hydrogens is 400 g/mol. The van der Waals surface area contributed by atoms with Crippen molar-refractivity contribution in [3.8, 4) is 28.8 Å². The van der Waals surface area contributed by atoms with Crippen LogP contribution in [0, 0.1) is 11.3 Å². The molecule has 0 saturated heterocycles. The summed E-state index contributed by atoms with van der Waals surface area (Å²) in [6, 6.07) is 12.9. The third-order valence-corrected chi connectivity index (χ3v) is 4.47. The van der Waals surface area contributed by atoms with Crippen molar-refractivity contribution in [2.75, 3.05) is 19.5 Å². The van der Waals surface area contributed by atoms with Crippen LogP contribution in [0.2, 0.25) is 0 Å². The third-order valence-electron chi connectivity index (χ3n) is 4.47. The molecule has 0 bridgehead atoms. The van der Waals surface area contributed by atoms with E-state index in [1.807, 2.05) is 6.07 Å². The van der Waals surface area contributed by atoms with E-state index < -0.39 is 11.9 Å². The molecule has 158 valence electrons. The molecule has 1 aromatic heterocycles. The molecule has 3 rings (SSSR count). The largest absolute Gasteiger partial charge is 0.545 e. The summed E-state index contributed by atoms with van der Waals surface area (Å²) >= 11 is 0. The second-order valence-corrected chi connectivity index (χ2v) is 6.45. The highest BCUT2D eigenvalue weighted by Crippen LogP contribution is 2.33. The predicted octanol–water partition coefficient (Wildman–Crippen LogP) is 2.10. The second-order valence-electron chi connectivity index (χ2n) is 6.45. The number of benzene rings is 2. The van der Waals surface area contributed by atoms with E-state index in [1.165, 1.54) is 37.1 Å². The summed E-state index contributed by atoms with van der Waals surface area (Å²) in [5, 5.41) is 27.1. The molecule has 1 N–H and O–H groups in total. The standard InChI is InChI=1S/C22H20N4O5/c1-30-18-8-7-14(12-19(18)31-2)20-17(13-26(25-20)10-4-9-23)21(27)24-16-6-3-5-15(11-16)22(28)29/h3,5-8,11-13H,4,10H2,1-2H3,(H,24,27)(H,28,29)/p-1. The average molecular weight is 419 g/mol. The van der Waals surface area contributed by atoms with Gasteiger partial charge in [0, 0.05) is 17.4 Å². The topological polar surface area (TPSA) is 129 Å². The van der Waals surface area contributed by atoms with Crippen molar-refractivity contribution in [1.82, 2.24) is 9.78 Å². The van der Waals surface area contributed by atoms with E-state index in [0.717, 1.165) is 0 Å². The van der Waals surface area contributed by atoms with Gasteiger partial charge in [0.2, 0.25) is 0 Å². The number of methoxy groups -OCH3 is 2. The van der Waals surface area contributed by atoms with E-state index in [0.29, 0.717) is 35.0 Å². The van der Waals surface area contributed by atoms with Crippen molar-refractivity contribution in [2.45, 2.75) is 13.0 Å². The Kier molecular flexibility index (Phi) is 6.52. The van der Waals surface area contributed by atoms with Crippen LogP contribution in [0.25, 0.3) is 11.3 Å². The zero-order valence-electron chi connectivity index (χ0n) is 16.9. The van der Waals surface area contributed by atoms with Crippen molar-refractivity contribution >= 4 is 17.6 Å². The van der Waals surface area contributed by atoms with Gasteiger partial charge in [-0.25, -0.2) is 0 Å². The highest BCUT2D eigenvalue weighted by Gasteiger charge is 2.20. The van der Waals surface area contributed by atoms with Crippen LogP contribution in [-0.4, -0.2) is 35.9 Å². The Hall–Kier alpha value is -4.32. The summed E-state index contributed by atoms with van der Waals surface area (Å²) in [6.45, 7) is 0.310. The fourth-order valence-electron chi connectivity index (χ4n) is 2.99. The normalized spacial score (nSPS) is 10.2. The number of aromatic nitrogens is 2. The smallest absolute Gasteiger partial charge is 0.259 e. The Bertz CT molecular complexity index is 1160. The van der Waals surface area contributed by atoms with E-state index in [1.54, 1.807) is 30.5 Å². The molecule has 3 aromatic rings. The Morgan fingerprint density at radius 3 is 2.61 bits per heavy atom. The minimum atomic E-state index is -1.34. The first kappa shape index (κ1) is 21.4. The first-order valence-corrected chi connectivity index (χ1v) is 9.26. The summed E-state index contributed by atoms with van der Waals surface area (Å²) in [6.07, 6.45) is 1.77. The molecule has 0 spiro atoms. The van der Waals surface area contributed by atoms with Gasteiger partial charge < -0.3 is 24.7 Å². The lowest BCUT2D eigenvalue weighted by atomic mass is 10.1. The fourth-order valence-corrected chi connectivity index (χ4v) is 2.99. The maximum Gasteiger partial charge on any atom is 0.259 e. The molecular formula is C22H19N4O5-. The molecule has 0 radical (unpaired) electrons. The van der Waals surface area contributed by atoms with Crippen LogP contribution in [0.3, 0.4) is 0 Å². The number of hydrogen-bond acceptors (Lipinski definition) is 7. The van der Waals surface area contributed by atoms with Gasteiger partial charge in [-0.1, -0.05) is 12.1 Å². The van der Waals surface area contributed by atoms with Crippen molar-refractivity contribution in [1.29, 1.82) is 5.26 Å². The quantitative estimate of drug-likeness (QED) is 0.592. The Morgan fingerprint density at radius 2 is 1.94 bits per heavy atom. The minimum Gasteiger partial charge on any atom is -0.545 e. The maximum absolute atomic E-state index is 13.0. The number of anilines is 1. The van der Waals surface area contributed by atoms with Crippen LogP contribution in [-0.2, 0) is 6.54 Å². The SMILES string of the molecule is COc1ccc(-c2nn(CCC#N)cc2C(=O)Nc2cccc(C(=O)[O-])c2)cc1OC. The van der Waals surface area contributed by atoms with Crippen LogP contribution >= 0.6 is 0 Å². The fraction of sp³-hybridized carbons (Fsp3) is 0.182. The summed E-state index contributed by atoms with van der Waals surface area (Å²) in [5.41, 5.74) is 1.50. The first-order valence-electron chi connectivity index (χ1n) is 9.26. The van der Waals surface area contributed by atoms with Crippen molar-refractivity contribution in [3.05, 3.63) is 59.8 Å². The summed E-state index contributed by atoms with van der Waals surface area (Å²) in [4.78, 5) is 24.1. The number of rotatable bonds is 8. The Labute approximate surface area is 178 Å². The van der Waals surface area contributed by atoms with E-state index in [-0.39, 0.29) is 17.5 Å². The van der Waals surface area contributed by atoms with E-state index >= 15 is 0 Å². The van der Waals surface area contributed by atoms with E-state index in [4.69, 9.17) is 14.7 Å². The lowest BCUT2D eigenvalue weighted by Crippen LogP contribution is -2.22. The van der Waals surface area contributed by atoms with Crippen LogP contribution in [0.15, 0.2) is 48.7 Å². The molecule has 1 heterocycles.